The van der Waals surface area contributed by atoms with Gasteiger partial charge in [0.15, 0.2) is 5.13 Å². The topological polar surface area (TPSA) is 103 Å². The van der Waals surface area contributed by atoms with E-state index in [9.17, 15) is 19.5 Å². The van der Waals surface area contributed by atoms with Gasteiger partial charge >= 0.3 is 6.09 Å². The van der Waals surface area contributed by atoms with E-state index in [1.54, 1.807) is 26.2 Å². The zero-order valence-corrected chi connectivity index (χ0v) is 19.0. The second kappa shape index (κ2) is 9.25. The number of carbonyl (C=O) groups excluding carboxylic acids is 2. The van der Waals surface area contributed by atoms with Gasteiger partial charge in [-0.25, -0.2) is 9.78 Å². The lowest BCUT2D eigenvalue weighted by Gasteiger charge is -2.33. The summed E-state index contributed by atoms with van der Waals surface area (Å²) in [5.74, 6) is -0.395. The van der Waals surface area contributed by atoms with Gasteiger partial charge in [0, 0.05) is 32.2 Å². The Labute approximate surface area is 180 Å². The highest BCUT2D eigenvalue weighted by Crippen LogP contribution is 2.27. The summed E-state index contributed by atoms with van der Waals surface area (Å²) < 4.78 is 0. The third-order valence-electron chi connectivity index (χ3n) is 4.29. The van der Waals surface area contributed by atoms with Crippen molar-refractivity contribution in [1.29, 1.82) is 0 Å². The molecule has 1 heterocycles. The molecule has 162 valence electrons. The second-order valence-corrected chi connectivity index (χ2v) is 9.13. The lowest BCUT2D eigenvalue weighted by atomic mass is 10.0. The third kappa shape index (κ3) is 5.79. The first-order chi connectivity index (χ1) is 13.9. The molecule has 0 radical (unpaired) electrons. The summed E-state index contributed by atoms with van der Waals surface area (Å²) in [6.07, 6.45) is 0.140. The minimum atomic E-state index is -1.00. The van der Waals surface area contributed by atoms with Crippen molar-refractivity contribution in [2.24, 2.45) is 0 Å². The molecule has 0 saturated carbocycles. The number of carbonyl (C=O) groups is 3. The maximum absolute atomic E-state index is 12.5. The molecule has 0 aliphatic carbocycles. The second-order valence-electron chi connectivity index (χ2n) is 8.13. The van der Waals surface area contributed by atoms with Gasteiger partial charge in [-0.15, -0.1) is 0 Å². The number of benzene rings is 1. The van der Waals surface area contributed by atoms with Crippen molar-refractivity contribution >= 4 is 40.1 Å². The number of nitrogens with zero attached hydrogens (tertiary/aromatic N) is 3. The SMILES string of the molecule is CC(=O)Nc1nc(CCc2ccc(N(C(=O)O)C(C)(C)C)cc2)c(C(=O)N(C)C)s1. The summed E-state index contributed by atoms with van der Waals surface area (Å²) in [6.45, 7) is 6.92. The van der Waals surface area contributed by atoms with Crippen LogP contribution in [0.3, 0.4) is 0 Å². The number of rotatable bonds is 6. The first kappa shape index (κ1) is 23.3. The predicted octanol–water partition coefficient (Wildman–Crippen LogP) is 3.87. The van der Waals surface area contributed by atoms with Gasteiger partial charge in [-0.1, -0.05) is 23.5 Å². The Bertz CT molecular complexity index is 929. The van der Waals surface area contributed by atoms with Gasteiger partial charge in [0.1, 0.15) is 4.88 Å². The smallest absolute Gasteiger partial charge is 0.412 e. The van der Waals surface area contributed by atoms with Crippen LogP contribution in [-0.4, -0.2) is 52.5 Å². The number of hydrogen-bond donors (Lipinski definition) is 2. The maximum atomic E-state index is 12.5. The summed E-state index contributed by atoms with van der Waals surface area (Å²) in [4.78, 5) is 43.2. The first-order valence-electron chi connectivity index (χ1n) is 9.51. The van der Waals surface area contributed by atoms with Crippen LogP contribution >= 0.6 is 11.3 Å². The minimum absolute atomic E-state index is 0.156. The van der Waals surface area contributed by atoms with E-state index in [0.717, 1.165) is 5.56 Å². The quantitative estimate of drug-likeness (QED) is 0.721. The maximum Gasteiger partial charge on any atom is 0.412 e. The summed E-state index contributed by atoms with van der Waals surface area (Å²) in [7, 11) is 3.35. The van der Waals surface area contributed by atoms with E-state index in [1.807, 2.05) is 32.9 Å². The number of nitrogens with one attached hydrogen (secondary N) is 1. The highest BCUT2D eigenvalue weighted by Gasteiger charge is 2.27. The Morgan fingerprint density at radius 2 is 1.70 bits per heavy atom. The number of carboxylic acid groups (broad SMARTS) is 1. The number of aryl methyl sites for hydroxylation is 2. The number of anilines is 2. The lowest BCUT2D eigenvalue weighted by molar-refractivity contribution is -0.114. The standard InChI is InChI=1S/C21H28N4O4S/c1-13(26)22-19-23-16(17(30-19)18(27)24(5)6)12-9-14-7-10-15(11-8-14)25(20(28)29)21(2,3)4/h7-8,10-11H,9,12H2,1-6H3,(H,28,29)(H,22,23,26). The van der Waals surface area contributed by atoms with Crippen molar-refractivity contribution in [3.8, 4) is 0 Å². The van der Waals surface area contributed by atoms with Gasteiger partial charge in [0.25, 0.3) is 5.91 Å². The molecule has 8 nitrogen and oxygen atoms in total. The summed E-state index contributed by atoms with van der Waals surface area (Å²) in [6, 6.07) is 7.33. The van der Waals surface area contributed by atoms with Crippen molar-refractivity contribution in [3.05, 3.63) is 40.4 Å². The van der Waals surface area contributed by atoms with Gasteiger partial charge in [-0.2, -0.15) is 0 Å². The number of thiazole rings is 1. The summed E-state index contributed by atoms with van der Waals surface area (Å²) in [5, 5.41) is 12.6. The normalized spacial score (nSPS) is 11.1. The van der Waals surface area contributed by atoms with Crippen LogP contribution in [0.5, 0.6) is 0 Å². The van der Waals surface area contributed by atoms with Crippen LogP contribution in [0, 0.1) is 0 Å². The molecule has 0 unspecified atom stereocenters. The highest BCUT2D eigenvalue weighted by molar-refractivity contribution is 7.17. The van der Waals surface area contributed by atoms with Crippen LogP contribution < -0.4 is 10.2 Å². The Morgan fingerprint density at radius 3 is 2.17 bits per heavy atom. The van der Waals surface area contributed by atoms with Gasteiger partial charge in [0.05, 0.1) is 5.69 Å². The molecule has 2 aromatic rings. The van der Waals surface area contributed by atoms with E-state index < -0.39 is 11.6 Å². The molecule has 2 rings (SSSR count). The van der Waals surface area contributed by atoms with Crippen molar-refractivity contribution < 1.29 is 19.5 Å². The van der Waals surface area contributed by atoms with Crippen LogP contribution in [0.1, 0.15) is 48.6 Å². The van der Waals surface area contributed by atoms with Crippen LogP contribution in [0.25, 0.3) is 0 Å². The number of amides is 3. The van der Waals surface area contributed by atoms with Crippen molar-refractivity contribution in [2.75, 3.05) is 24.3 Å². The molecule has 0 atom stereocenters. The molecule has 1 aromatic heterocycles. The van der Waals surface area contributed by atoms with E-state index in [2.05, 4.69) is 10.3 Å². The zero-order valence-electron chi connectivity index (χ0n) is 18.1. The fourth-order valence-electron chi connectivity index (χ4n) is 2.95. The van der Waals surface area contributed by atoms with Crippen molar-refractivity contribution in [1.82, 2.24) is 9.88 Å². The minimum Gasteiger partial charge on any atom is -0.465 e. The largest absolute Gasteiger partial charge is 0.465 e. The first-order valence-corrected chi connectivity index (χ1v) is 10.3. The van der Waals surface area contributed by atoms with Crippen LogP contribution in [0.4, 0.5) is 15.6 Å². The molecule has 0 aliphatic rings. The Morgan fingerprint density at radius 1 is 1.10 bits per heavy atom. The van der Waals surface area contributed by atoms with Crippen LogP contribution in [0.2, 0.25) is 0 Å². The molecular formula is C21H28N4O4S. The summed E-state index contributed by atoms with van der Waals surface area (Å²) >= 11 is 1.17. The molecule has 9 heteroatoms. The van der Waals surface area contributed by atoms with Crippen LogP contribution in [0.15, 0.2) is 24.3 Å². The molecule has 1 aromatic carbocycles. The average Bonchev–Trinajstić information content (AvgIpc) is 3.00. The van der Waals surface area contributed by atoms with Gasteiger partial charge in [-0.05, 0) is 51.3 Å². The monoisotopic (exact) mass is 432 g/mol. The predicted molar refractivity (Wildman–Crippen MR) is 119 cm³/mol. The number of hydrogen-bond acceptors (Lipinski definition) is 5. The van der Waals surface area contributed by atoms with E-state index in [1.165, 1.54) is 28.1 Å². The summed E-state index contributed by atoms with van der Waals surface area (Å²) in [5.41, 5.74) is 1.67. The fraction of sp³-hybridized carbons (Fsp3) is 0.429. The van der Waals surface area contributed by atoms with Gasteiger partial charge < -0.3 is 15.3 Å². The lowest BCUT2D eigenvalue weighted by Crippen LogP contribution is -2.45. The molecule has 0 aliphatic heterocycles. The number of aromatic nitrogens is 1. The average molecular weight is 433 g/mol. The zero-order chi connectivity index (χ0) is 22.6. The van der Waals surface area contributed by atoms with E-state index in [4.69, 9.17) is 0 Å². The van der Waals surface area contributed by atoms with Crippen molar-refractivity contribution in [2.45, 2.75) is 46.1 Å². The van der Waals surface area contributed by atoms with Gasteiger partial charge in [-0.3, -0.25) is 14.5 Å². The van der Waals surface area contributed by atoms with E-state index >= 15 is 0 Å². The van der Waals surface area contributed by atoms with Gasteiger partial charge in [0.2, 0.25) is 5.91 Å². The molecular weight excluding hydrogens is 404 g/mol. The third-order valence-corrected chi connectivity index (χ3v) is 5.29. The molecule has 0 bridgehead atoms. The fourth-order valence-corrected chi connectivity index (χ4v) is 4.03. The molecule has 30 heavy (non-hydrogen) atoms. The molecule has 0 saturated heterocycles. The molecule has 3 amide bonds. The Hall–Kier alpha value is -2.94. The molecule has 2 N–H and O–H groups in total. The Balaban J connectivity index is 2.20. The molecule has 0 fully saturated rings. The highest BCUT2D eigenvalue weighted by atomic mass is 32.1. The van der Waals surface area contributed by atoms with Crippen molar-refractivity contribution in [3.63, 3.8) is 0 Å². The molecule has 0 spiro atoms. The van der Waals surface area contributed by atoms with E-state index in [0.29, 0.717) is 34.2 Å². The van der Waals surface area contributed by atoms with E-state index in [-0.39, 0.29) is 11.8 Å². The van der Waals surface area contributed by atoms with Crippen LogP contribution in [-0.2, 0) is 17.6 Å². The Kier molecular flexibility index (Phi) is 7.20.